The maximum Gasteiger partial charge on any atom is 0.310 e. The van der Waals surface area contributed by atoms with Gasteiger partial charge in [-0.3, -0.25) is 9.59 Å². The number of fused-ring (bicyclic) bond motifs is 1. The highest BCUT2D eigenvalue weighted by atomic mass is 32.1. The Labute approximate surface area is 119 Å². The number of phenolic OH excluding ortho intramolecular Hbond substituents is 1. The van der Waals surface area contributed by atoms with Crippen molar-refractivity contribution in [2.45, 2.75) is 18.8 Å². The molecular weight excluding hydrogens is 276 g/mol. The summed E-state index contributed by atoms with van der Waals surface area (Å²) in [6.45, 7) is 0. The van der Waals surface area contributed by atoms with Crippen LogP contribution in [0.2, 0.25) is 0 Å². The largest absolute Gasteiger partial charge is 0.507 e. The Kier molecular flexibility index (Phi) is 3.06. The topological polar surface area (TPSA) is 74.6 Å². The molecule has 0 bridgehead atoms. The predicted octanol–water partition coefficient (Wildman–Crippen LogP) is 2.80. The van der Waals surface area contributed by atoms with Gasteiger partial charge in [-0.05, 0) is 47.5 Å². The van der Waals surface area contributed by atoms with E-state index < -0.39 is 11.9 Å². The van der Waals surface area contributed by atoms with Crippen LogP contribution in [0.5, 0.6) is 5.75 Å². The van der Waals surface area contributed by atoms with E-state index in [-0.39, 0.29) is 17.1 Å². The Hall–Kier alpha value is -2.14. The van der Waals surface area contributed by atoms with Gasteiger partial charge < -0.3 is 10.2 Å². The Morgan fingerprint density at radius 3 is 2.75 bits per heavy atom. The first-order valence-electron chi connectivity index (χ1n) is 6.24. The minimum atomic E-state index is -0.888. The third-order valence-electron chi connectivity index (χ3n) is 3.62. The normalized spacial score (nSPS) is 16.9. The first kappa shape index (κ1) is 12.9. The number of aromatic hydroxyl groups is 1. The molecule has 1 aromatic carbocycles. The quantitative estimate of drug-likeness (QED) is 0.852. The third kappa shape index (κ3) is 2.00. The zero-order chi connectivity index (χ0) is 14.3. The standard InChI is InChI=1S/C15H12O4S/c16-12-7-10-8(3-4-9(10)15(18)19)6-11(12)14(17)13-2-1-5-20-13/h1-2,5-7,9,16H,3-4H2,(H,18,19). The molecule has 1 unspecified atom stereocenters. The van der Waals surface area contributed by atoms with Crippen LogP contribution in [-0.2, 0) is 11.2 Å². The summed E-state index contributed by atoms with van der Waals surface area (Å²) in [4.78, 5) is 24.0. The van der Waals surface area contributed by atoms with Crippen molar-refractivity contribution < 1.29 is 19.8 Å². The van der Waals surface area contributed by atoms with Gasteiger partial charge in [0.1, 0.15) is 5.75 Å². The molecule has 1 aromatic heterocycles. The molecule has 2 N–H and O–H groups in total. The van der Waals surface area contributed by atoms with Crippen LogP contribution in [-0.4, -0.2) is 22.0 Å². The molecule has 0 spiro atoms. The Bertz CT molecular complexity index is 688. The van der Waals surface area contributed by atoms with Crippen molar-refractivity contribution >= 4 is 23.1 Å². The van der Waals surface area contributed by atoms with Gasteiger partial charge in [0.15, 0.2) is 0 Å². The molecule has 0 aliphatic heterocycles. The van der Waals surface area contributed by atoms with Gasteiger partial charge in [0.05, 0.1) is 16.4 Å². The molecule has 1 heterocycles. The van der Waals surface area contributed by atoms with Gasteiger partial charge in [-0.15, -0.1) is 11.3 Å². The summed E-state index contributed by atoms with van der Waals surface area (Å²) in [6, 6.07) is 6.56. The summed E-state index contributed by atoms with van der Waals surface area (Å²) in [5.41, 5.74) is 1.71. The molecule has 4 nitrogen and oxygen atoms in total. The van der Waals surface area contributed by atoms with Gasteiger partial charge >= 0.3 is 5.97 Å². The van der Waals surface area contributed by atoms with Crippen molar-refractivity contribution in [3.63, 3.8) is 0 Å². The Morgan fingerprint density at radius 1 is 1.30 bits per heavy atom. The van der Waals surface area contributed by atoms with Crippen LogP contribution >= 0.6 is 11.3 Å². The van der Waals surface area contributed by atoms with E-state index in [1.54, 1.807) is 23.6 Å². The lowest BCUT2D eigenvalue weighted by Gasteiger charge is -2.09. The van der Waals surface area contributed by atoms with Crippen LogP contribution in [0.1, 0.15) is 38.7 Å². The highest BCUT2D eigenvalue weighted by Gasteiger charge is 2.30. The summed E-state index contributed by atoms with van der Waals surface area (Å²) in [6.07, 6.45) is 1.14. The Balaban J connectivity index is 2.04. The smallest absolute Gasteiger partial charge is 0.310 e. The molecule has 2 aromatic rings. The number of carbonyl (C=O) groups excluding carboxylic acids is 1. The number of carbonyl (C=O) groups is 2. The van der Waals surface area contributed by atoms with Gasteiger partial charge in [0, 0.05) is 0 Å². The first-order valence-corrected chi connectivity index (χ1v) is 7.12. The number of rotatable bonds is 3. The number of thiophene rings is 1. The molecule has 0 amide bonds. The number of phenols is 1. The molecule has 5 heteroatoms. The average molecular weight is 288 g/mol. The van der Waals surface area contributed by atoms with Crippen molar-refractivity contribution in [3.05, 3.63) is 51.2 Å². The fourth-order valence-corrected chi connectivity index (χ4v) is 3.30. The maximum atomic E-state index is 12.3. The lowest BCUT2D eigenvalue weighted by Crippen LogP contribution is -2.08. The number of benzene rings is 1. The highest BCUT2D eigenvalue weighted by molar-refractivity contribution is 7.12. The predicted molar refractivity (Wildman–Crippen MR) is 74.6 cm³/mol. The molecule has 0 saturated heterocycles. The summed E-state index contributed by atoms with van der Waals surface area (Å²) in [5.74, 6) is -1.84. The first-order chi connectivity index (χ1) is 9.58. The lowest BCUT2D eigenvalue weighted by atomic mass is 9.97. The van der Waals surface area contributed by atoms with Crippen LogP contribution in [0.15, 0.2) is 29.6 Å². The van der Waals surface area contributed by atoms with E-state index in [4.69, 9.17) is 5.11 Å². The van der Waals surface area contributed by atoms with Gasteiger partial charge in [0.2, 0.25) is 5.78 Å². The highest BCUT2D eigenvalue weighted by Crippen LogP contribution is 2.38. The summed E-state index contributed by atoms with van der Waals surface area (Å²) < 4.78 is 0. The summed E-state index contributed by atoms with van der Waals surface area (Å²) >= 11 is 1.32. The fourth-order valence-electron chi connectivity index (χ4n) is 2.62. The maximum absolute atomic E-state index is 12.3. The van der Waals surface area contributed by atoms with Crippen molar-refractivity contribution in [1.82, 2.24) is 0 Å². The van der Waals surface area contributed by atoms with Crippen molar-refractivity contribution in [2.24, 2.45) is 0 Å². The molecule has 20 heavy (non-hydrogen) atoms. The average Bonchev–Trinajstić information content (AvgIpc) is 3.05. The van der Waals surface area contributed by atoms with Crippen molar-refractivity contribution in [3.8, 4) is 5.75 Å². The molecule has 0 fully saturated rings. The molecule has 0 radical (unpaired) electrons. The second-order valence-electron chi connectivity index (χ2n) is 4.80. The number of aryl methyl sites for hydroxylation is 1. The van der Waals surface area contributed by atoms with E-state index >= 15 is 0 Å². The number of ketones is 1. The van der Waals surface area contributed by atoms with Crippen LogP contribution in [0.3, 0.4) is 0 Å². The van der Waals surface area contributed by atoms with Gasteiger partial charge in [-0.1, -0.05) is 6.07 Å². The van der Waals surface area contributed by atoms with Gasteiger partial charge in [0.25, 0.3) is 0 Å². The van der Waals surface area contributed by atoms with Gasteiger partial charge in [-0.25, -0.2) is 0 Å². The zero-order valence-corrected chi connectivity index (χ0v) is 11.3. The minimum absolute atomic E-state index is 0.143. The molecular formula is C15H12O4S. The van der Waals surface area contributed by atoms with E-state index in [0.29, 0.717) is 23.3 Å². The SMILES string of the molecule is O=C(c1cccs1)c1cc2c(cc1O)C(C(=O)O)CC2. The van der Waals surface area contributed by atoms with E-state index in [2.05, 4.69) is 0 Å². The zero-order valence-electron chi connectivity index (χ0n) is 10.5. The number of hydrogen-bond acceptors (Lipinski definition) is 4. The second-order valence-corrected chi connectivity index (χ2v) is 5.75. The van der Waals surface area contributed by atoms with Crippen molar-refractivity contribution in [2.75, 3.05) is 0 Å². The van der Waals surface area contributed by atoms with Crippen LogP contribution in [0.25, 0.3) is 0 Å². The van der Waals surface area contributed by atoms with E-state index in [1.807, 2.05) is 0 Å². The van der Waals surface area contributed by atoms with Crippen LogP contribution in [0.4, 0.5) is 0 Å². The molecule has 102 valence electrons. The van der Waals surface area contributed by atoms with Crippen LogP contribution < -0.4 is 0 Å². The number of aliphatic carboxylic acids is 1. The van der Waals surface area contributed by atoms with Crippen molar-refractivity contribution in [1.29, 1.82) is 0 Å². The molecule has 1 atom stereocenters. The summed E-state index contributed by atoms with van der Waals surface area (Å²) in [7, 11) is 0. The lowest BCUT2D eigenvalue weighted by molar-refractivity contribution is -0.138. The number of hydrogen-bond donors (Lipinski definition) is 2. The van der Waals surface area contributed by atoms with E-state index in [0.717, 1.165) is 5.56 Å². The Morgan fingerprint density at radius 2 is 2.10 bits per heavy atom. The number of carboxylic acid groups (broad SMARTS) is 1. The molecule has 1 aliphatic rings. The van der Waals surface area contributed by atoms with Crippen LogP contribution in [0, 0.1) is 0 Å². The van der Waals surface area contributed by atoms with Gasteiger partial charge in [-0.2, -0.15) is 0 Å². The fraction of sp³-hybridized carbons (Fsp3) is 0.200. The third-order valence-corrected chi connectivity index (χ3v) is 4.49. The monoisotopic (exact) mass is 288 g/mol. The van der Waals surface area contributed by atoms with E-state index in [9.17, 15) is 14.7 Å². The summed E-state index contributed by atoms with van der Waals surface area (Å²) in [5, 5.41) is 21.0. The van der Waals surface area contributed by atoms with E-state index in [1.165, 1.54) is 17.4 Å². The molecule has 0 saturated carbocycles. The number of carboxylic acids is 1. The molecule has 3 rings (SSSR count). The molecule has 1 aliphatic carbocycles. The second kappa shape index (κ2) is 4.76. The minimum Gasteiger partial charge on any atom is -0.507 e.